The van der Waals surface area contributed by atoms with Crippen LogP contribution in [0.2, 0.25) is 0 Å². The average molecular weight is 270 g/mol. The van der Waals surface area contributed by atoms with E-state index in [4.69, 9.17) is 4.74 Å². The van der Waals surface area contributed by atoms with E-state index in [-0.39, 0.29) is 5.41 Å². The first-order valence-electron chi connectivity index (χ1n) is 6.97. The molecule has 0 fully saturated rings. The van der Waals surface area contributed by atoms with Crippen molar-refractivity contribution in [2.24, 2.45) is 0 Å². The zero-order chi connectivity index (χ0) is 14.6. The lowest BCUT2D eigenvalue weighted by atomic mass is 9.82. The molecule has 0 aliphatic heterocycles. The van der Waals surface area contributed by atoms with Gasteiger partial charge in [0.15, 0.2) is 0 Å². The minimum atomic E-state index is 0.200. The molecule has 1 heterocycles. The smallest absolute Gasteiger partial charge is 0.219 e. The Kier molecular flexibility index (Phi) is 4.28. The van der Waals surface area contributed by atoms with Crippen LogP contribution in [-0.2, 0) is 5.41 Å². The second-order valence-electron chi connectivity index (χ2n) is 5.50. The summed E-state index contributed by atoms with van der Waals surface area (Å²) < 4.78 is 5.74. The maximum Gasteiger partial charge on any atom is 0.219 e. The molecule has 0 saturated carbocycles. The Hall–Kier alpha value is -2.03. The summed E-state index contributed by atoms with van der Waals surface area (Å²) in [7, 11) is 1.87. The number of nitrogens with zero attached hydrogens (tertiary/aromatic N) is 1. The van der Waals surface area contributed by atoms with Gasteiger partial charge in [-0.15, -0.1) is 0 Å². The zero-order valence-electron chi connectivity index (χ0n) is 12.6. The normalized spacial score (nSPS) is 11.2. The summed E-state index contributed by atoms with van der Waals surface area (Å²) in [5, 5.41) is 3.03. The number of pyridine rings is 1. The molecule has 0 saturated heterocycles. The number of hydrogen-bond acceptors (Lipinski definition) is 3. The molecule has 0 radical (unpaired) electrons. The molecule has 0 unspecified atom stereocenters. The molecule has 0 aliphatic rings. The summed E-state index contributed by atoms with van der Waals surface area (Å²) >= 11 is 0. The first kappa shape index (κ1) is 14.4. The van der Waals surface area contributed by atoms with Crippen LogP contribution < -0.4 is 10.1 Å². The van der Waals surface area contributed by atoms with Crippen LogP contribution in [-0.4, -0.2) is 12.0 Å². The van der Waals surface area contributed by atoms with Gasteiger partial charge in [0.2, 0.25) is 5.88 Å². The molecule has 1 aromatic heterocycles. The quantitative estimate of drug-likeness (QED) is 0.862. The maximum absolute atomic E-state index is 5.74. The van der Waals surface area contributed by atoms with Gasteiger partial charge in [-0.1, -0.05) is 32.9 Å². The summed E-state index contributed by atoms with van der Waals surface area (Å²) in [4.78, 5) is 4.25. The second kappa shape index (κ2) is 5.95. The van der Waals surface area contributed by atoms with Gasteiger partial charge in [-0.25, -0.2) is 4.98 Å². The van der Waals surface area contributed by atoms with E-state index < -0.39 is 0 Å². The predicted octanol–water partition coefficient (Wildman–Crippen LogP) is 4.60. The van der Waals surface area contributed by atoms with Crippen LogP contribution in [0.1, 0.15) is 32.8 Å². The van der Waals surface area contributed by atoms with Gasteiger partial charge in [-0.3, -0.25) is 0 Å². The lowest BCUT2D eigenvalue weighted by molar-refractivity contribution is 0.460. The number of ether oxygens (including phenoxy) is 1. The number of benzene rings is 1. The molecule has 3 nitrogen and oxygen atoms in total. The first-order valence-corrected chi connectivity index (χ1v) is 6.97. The number of aromatic nitrogens is 1. The molecule has 0 aliphatic carbocycles. The van der Waals surface area contributed by atoms with Gasteiger partial charge in [0.1, 0.15) is 5.75 Å². The highest BCUT2D eigenvalue weighted by molar-refractivity contribution is 5.42. The van der Waals surface area contributed by atoms with Crippen LogP contribution >= 0.6 is 0 Å². The van der Waals surface area contributed by atoms with Crippen molar-refractivity contribution in [2.45, 2.75) is 32.6 Å². The molecular formula is C17H22N2O. The maximum atomic E-state index is 5.74. The Morgan fingerprint density at radius 3 is 2.30 bits per heavy atom. The highest BCUT2D eigenvalue weighted by atomic mass is 16.5. The topological polar surface area (TPSA) is 34.1 Å². The van der Waals surface area contributed by atoms with Crippen LogP contribution in [0.25, 0.3) is 0 Å². The van der Waals surface area contributed by atoms with E-state index in [1.54, 1.807) is 6.20 Å². The molecule has 0 spiro atoms. The molecule has 2 rings (SSSR count). The summed E-state index contributed by atoms with van der Waals surface area (Å²) in [5.41, 5.74) is 2.49. The largest absolute Gasteiger partial charge is 0.439 e. The van der Waals surface area contributed by atoms with Crippen molar-refractivity contribution in [3.8, 4) is 11.6 Å². The molecule has 3 heteroatoms. The Morgan fingerprint density at radius 2 is 1.80 bits per heavy atom. The van der Waals surface area contributed by atoms with Crippen molar-refractivity contribution >= 4 is 5.69 Å². The standard InChI is InChI=1S/C17H22N2O/c1-5-17(2,3)13-6-9-15(10-7-13)20-16-11-8-14(18-4)12-19-16/h6-12,18H,5H2,1-4H3. The van der Waals surface area contributed by atoms with E-state index in [0.717, 1.165) is 17.9 Å². The fraction of sp³-hybridized carbons (Fsp3) is 0.353. The molecular weight excluding hydrogens is 248 g/mol. The van der Waals surface area contributed by atoms with Crippen LogP contribution in [0.15, 0.2) is 42.6 Å². The number of nitrogens with one attached hydrogen (secondary N) is 1. The second-order valence-corrected chi connectivity index (χ2v) is 5.50. The van der Waals surface area contributed by atoms with Crippen molar-refractivity contribution < 1.29 is 4.74 Å². The van der Waals surface area contributed by atoms with Crippen LogP contribution in [0.4, 0.5) is 5.69 Å². The average Bonchev–Trinajstić information content (AvgIpc) is 2.48. The Bertz CT molecular complexity index is 544. The van der Waals surface area contributed by atoms with Gasteiger partial charge in [0.25, 0.3) is 0 Å². The van der Waals surface area contributed by atoms with Gasteiger partial charge in [0, 0.05) is 13.1 Å². The summed E-state index contributed by atoms with van der Waals surface area (Å²) in [6.07, 6.45) is 2.87. The lowest BCUT2D eigenvalue weighted by Crippen LogP contribution is -2.14. The van der Waals surface area contributed by atoms with Crippen LogP contribution in [0.3, 0.4) is 0 Å². The van der Waals surface area contributed by atoms with Gasteiger partial charge >= 0.3 is 0 Å². The Balaban J connectivity index is 2.10. The van der Waals surface area contributed by atoms with E-state index in [9.17, 15) is 0 Å². The molecule has 0 bridgehead atoms. The van der Waals surface area contributed by atoms with Crippen molar-refractivity contribution in [3.63, 3.8) is 0 Å². The first-order chi connectivity index (χ1) is 9.55. The third kappa shape index (κ3) is 3.29. The van der Waals surface area contributed by atoms with Gasteiger partial charge in [-0.05, 0) is 35.6 Å². The third-order valence-corrected chi connectivity index (χ3v) is 3.77. The Labute approximate surface area is 121 Å². The fourth-order valence-electron chi connectivity index (χ4n) is 1.89. The SMILES string of the molecule is CCC(C)(C)c1ccc(Oc2ccc(NC)cn2)cc1. The molecule has 20 heavy (non-hydrogen) atoms. The van der Waals surface area contributed by atoms with Gasteiger partial charge < -0.3 is 10.1 Å². The van der Waals surface area contributed by atoms with Crippen molar-refractivity contribution in [1.82, 2.24) is 4.98 Å². The minimum Gasteiger partial charge on any atom is -0.439 e. The Morgan fingerprint density at radius 1 is 1.10 bits per heavy atom. The molecule has 0 amide bonds. The minimum absolute atomic E-state index is 0.200. The number of anilines is 1. The third-order valence-electron chi connectivity index (χ3n) is 3.77. The molecule has 2 aromatic rings. The van der Waals surface area contributed by atoms with Gasteiger partial charge in [-0.2, -0.15) is 0 Å². The van der Waals surface area contributed by atoms with E-state index in [1.807, 2.05) is 31.3 Å². The molecule has 1 aromatic carbocycles. The van der Waals surface area contributed by atoms with E-state index in [2.05, 4.69) is 43.2 Å². The van der Waals surface area contributed by atoms with E-state index in [0.29, 0.717) is 5.88 Å². The van der Waals surface area contributed by atoms with Crippen LogP contribution in [0.5, 0.6) is 11.6 Å². The molecule has 1 N–H and O–H groups in total. The lowest BCUT2D eigenvalue weighted by Gasteiger charge is -2.23. The summed E-state index contributed by atoms with van der Waals surface area (Å²) in [6, 6.07) is 12.1. The molecule has 0 atom stereocenters. The summed E-state index contributed by atoms with van der Waals surface area (Å²) in [6.45, 7) is 6.71. The predicted molar refractivity (Wildman–Crippen MR) is 83.6 cm³/mol. The van der Waals surface area contributed by atoms with Crippen molar-refractivity contribution in [3.05, 3.63) is 48.2 Å². The monoisotopic (exact) mass is 270 g/mol. The van der Waals surface area contributed by atoms with E-state index in [1.165, 1.54) is 5.56 Å². The van der Waals surface area contributed by atoms with Crippen molar-refractivity contribution in [2.75, 3.05) is 12.4 Å². The van der Waals surface area contributed by atoms with Crippen LogP contribution in [0, 0.1) is 0 Å². The zero-order valence-corrected chi connectivity index (χ0v) is 12.6. The number of hydrogen-bond donors (Lipinski definition) is 1. The summed E-state index contributed by atoms with van der Waals surface area (Å²) in [5.74, 6) is 1.41. The highest BCUT2D eigenvalue weighted by Crippen LogP contribution is 2.29. The number of rotatable bonds is 5. The van der Waals surface area contributed by atoms with Gasteiger partial charge in [0.05, 0.1) is 11.9 Å². The van der Waals surface area contributed by atoms with E-state index >= 15 is 0 Å². The van der Waals surface area contributed by atoms with Crippen molar-refractivity contribution in [1.29, 1.82) is 0 Å². The molecule has 106 valence electrons. The fourth-order valence-corrected chi connectivity index (χ4v) is 1.89. The highest BCUT2D eigenvalue weighted by Gasteiger charge is 2.17.